The molecule has 0 saturated carbocycles. The van der Waals surface area contributed by atoms with Crippen molar-refractivity contribution in [3.05, 3.63) is 29.3 Å². The van der Waals surface area contributed by atoms with Crippen LogP contribution in [-0.4, -0.2) is 64.2 Å². The fourth-order valence-electron chi connectivity index (χ4n) is 4.01. The van der Waals surface area contributed by atoms with E-state index in [0.29, 0.717) is 57.6 Å². The molecule has 1 heterocycles. The number of ether oxygens (including phenoxy) is 5. The minimum absolute atomic E-state index is 0.242. The Kier molecular flexibility index (Phi) is 17.1. The molecular weight excluding hydrogens is 468 g/mol. The van der Waals surface area contributed by atoms with Crippen molar-refractivity contribution in [1.82, 2.24) is 0 Å². The average Bonchev–Trinajstić information content (AvgIpc) is 2.86. The average molecular weight is 513 g/mol. The molecule has 1 unspecified atom stereocenters. The van der Waals surface area contributed by atoms with E-state index in [1.54, 1.807) is 0 Å². The summed E-state index contributed by atoms with van der Waals surface area (Å²) < 4.78 is 28.7. The van der Waals surface area contributed by atoms with E-state index in [-0.39, 0.29) is 12.7 Å². The SMILES string of the molecule is CCCCCCCCCCc1ccc(OCC2COCCCOCCOCCCO2)c(C(=O)Cl)c1. The van der Waals surface area contributed by atoms with Crippen LogP contribution in [0.25, 0.3) is 0 Å². The summed E-state index contributed by atoms with van der Waals surface area (Å²) in [5.74, 6) is 0.490. The molecule has 1 aromatic carbocycles. The van der Waals surface area contributed by atoms with Gasteiger partial charge in [-0.3, -0.25) is 4.79 Å². The smallest absolute Gasteiger partial charge is 0.256 e. The van der Waals surface area contributed by atoms with Gasteiger partial charge in [-0.05, 0) is 55.0 Å². The van der Waals surface area contributed by atoms with Gasteiger partial charge >= 0.3 is 0 Å². The van der Waals surface area contributed by atoms with Crippen LogP contribution in [-0.2, 0) is 25.4 Å². The Morgan fingerprint density at radius 3 is 2.26 bits per heavy atom. The van der Waals surface area contributed by atoms with E-state index in [2.05, 4.69) is 6.92 Å². The van der Waals surface area contributed by atoms with Crippen LogP contribution in [0.4, 0.5) is 0 Å². The highest BCUT2D eigenvalue weighted by molar-refractivity contribution is 6.68. The van der Waals surface area contributed by atoms with Crippen LogP contribution in [0.2, 0.25) is 0 Å². The molecule has 6 nitrogen and oxygen atoms in total. The highest BCUT2D eigenvalue weighted by Gasteiger charge is 2.16. The van der Waals surface area contributed by atoms with E-state index in [9.17, 15) is 4.79 Å². The number of carbonyl (C=O) groups is 1. The lowest BCUT2D eigenvalue weighted by molar-refractivity contribution is -0.0516. The molecule has 0 spiro atoms. The molecule has 35 heavy (non-hydrogen) atoms. The van der Waals surface area contributed by atoms with Crippen molar-refractivity contribution < 1.29 is 28.5 Å². The van der Waals surface area contributed by atoms with Crippen molar-refractivity contribution in [2.75, 3.05) is 52.9 Å². The first-order valence-corrected chi connectivity index (χ1v) is 13.9. The number of hydrogen-bond acceptors (Lipinski definition) is 6. The first-order valence-electron chi connectivity index (χ1n) is 13.5. The molecule has 0 N–H and O–H groups in total. The standard InChI is InChI=1S/C28H45ClO6/c1-2-3-4-5-6-7-8-9-12-24-13-14-27(26(21-24)28(29)30)35-23-25-22-33-17-10-15-31-19-20-32-16-11-18-34-25/h13-14,21,25H,2-12,15-20,22-23H2,1H3. The third-order valence-corrected chi connectivity index (χ3v) is 6.24. The lowest BCUT2D eigenvalue weighted by atomic mass is 10.0. The van der Waals surface area contributed by atoms with Crippen LogP contribution >= 0.6 is 11.6 Å². The van der Waals surface area contributed by atoms with E-state index in [0.717, 1.165) is 31.2 Å². The molecule has 0 aromatic heterocycles. The number of unbranched alkanes of at least 4 members (excludes halogenated alkanes) is 7. The third-order valence-electron chi connectivity index (χ3n) is 6.04. The van der Waals surface area contributed by atoms with Crippen molar-refractivity contribution in [3.63, 3.8) is 0 Å². The maximum atomic E-state index is 12.1. The van der Waals surface area contributed by atoms with Gasteiger partial charge in [0.05, 0.1) is 25.4 Å². The number of rotatable bonds is 13. The van der Waals surface area contributed by atoms with Crippen molar-refractivity contribution in [3.8, 4) is 5.75 Å². The van der Waals surface area contributed by atoms with E-state index >= 15 is 0 Å². The monoisotopic (exact) mass is 512 g/mol. The van der Waals surface area contributed by atoms with Gasteiger partial charge in [-0.2, -0.15) is 0 Å². The largest absolute Gasteiger partial charge is 0.490 e. The second-order valence-corrected chi connectivity index (χ2v) is 9.48. The fraction of sp³-hybridized carbons (Fsp3) is 0.750. The molecule has 7 heteroatoms. The number of aryl methyl sites for hydroxylation is 1. The van der Waals surface area contributed by atoms with E-state index < -0.39 is 5.24 Å². The van der Waals surface area contributed by atoms with Gasteiger partial charge in [0, 0.05) is 26.4 Å². The van der Waals surface area contributed by atoms with Gasteiger partial charge in [0.2, 0.25) is 0 Å². The van der Waals surface area contributed by atoms with Gasteiger partial charge in [0.25, 0.3) is 5.24 Å². The van der Waals surface area contributed by atoms with Gasteiger partial charge in [0.15, 0.2) is 0 Å². The van der Waals surface area contributed by atoms with Crippen LogP contribution in [0, 0.1) is 0 Å². The first-order chi connectivity index (χ1) is 17.2. The second-order valence-electron chi connectivity index (χ2n) is 9.14. The van der Waals surface area contributed by atoms with E-state index in [1.807, 2.05) is 18.2 Å². The van der Waals surface area contributed by atoms with Gasteiger partial charge in [-0.15, -0.1) is 0 Å². The van der Waals surface area contributed by atoms with Gasteiger partial charge in [-0.1, -0.05) is 57.9 Å². The number of halogens is 1. The van der Waals surface area contributed by atoms with Gasteiger partial charge in [-0.25, -0.2) is 0 Å². The summed E-state index contributed by atoms with van der Waals surface area (Å²) >= 11 is 5.90. The Hall–Kier alpha value is -1.18. The molecule has 1 aromatic rings. The summed E-state index contributed by atoms with van der Waals surface area (Å²) in [6.45, 7) is 6.58. The Bertz CT molecular complexity index is 669. The molecule has 1 fully saturated rings. The lowest BCUT2D eigenvalue weighted by Crippen LogP contribution is -2.29. The zero-order chi connectivity index (χ0) is 25.0. The van der Waals surface area contributed by atoms with Gasteiger partial charge < -0.3 is 23.7 Å². The molecule has 200 valence electrons. The molecule has 0 radical (unpaired) electrons. The van der Waals surface area contributed by atoms with Crippen LogP contribution in [0.1, 0.15) is 87.1 Å². The highest BCUT2D eigenvalue weighted by Crippen LogP contribution is 2.24. The van der Waals surface area contributed by atoms with Crippen molar-refractivity contribution in [2.45, 2.75) is 83.7 Å². The molecule has 0 aliphatic carbocycles. The molecule has 1 atom stereocenters. The van der Waals surface area contributed by atoms with Crippen molar-refractivity contribution in [2.24, 2.45) is 0 Å². The Morgan fingerprint density at radius 2 is 1.54 bits per heavy atom. The molecule has 2 rings (SSSR count). The van der Waals surface area contributed by atoms with Crippen LogP contribution in [0.15, 0.2) is 18.2 Å². The van der Waals surface area contributed by atoms with E-state index in [4.69, 9.17) is 35.3 Å². The normalized spacial score (nSPS) is 18.6. The molecule has 1 aliphatic rings. The summed E-state index contributed by atoms with van der Waals surface area (Å²) in [5.41, 5.74) is 1.53. The fourth-order valence-corrected chi connectivity index (χ4v) is 4.16. The minimum Gasteiger partial charge on any atom is -0.490 e. The Labute approximate surface area is 216 Å². The molecule has 0 bridgehead atoms. The summed E-state index contributed by atoms with van der Waals surface area (Å²) in [7, 11) is 0. The summed E-state index contributed by atoms with van der Waals surface area (Å²) in [5, 5.41) is -0.502. The van der Waals surface area contributed by atoms with Crippen LogP contribution < -0.4 is 4.74 Å². The molecule has 0 amide bonds. The number of benzene rings is 1. The highest BCUT2D eigenvalue weighted by atomic mass is 35.5. The number of carbonyl (C=O) groups excluding carboxylic acids is 1. The predicted molar refractivity (Wildman–Crippen MR) is 140 cm³/mol. The number of hydrogen-bond donors (Lipinski definition) is 0. The Morgan fingerprint density at radius 1 is 0.886 bits per heavy atom. The van der Waals surface area contributed by atoms with E-state index in [1.165, 1.54) is 44.9 Å². The second kappa shape index (κ2) is 19.9. The van der Waals surface area contributed by atoms with Crippen molar-refractivity contribution >= 4 is 16.8 Å². The van der Waals surface area contributed by atoms with Crippen LogP contribution in [0.3, 0.4) is 0 Å². The van der Waals surface area contributed by atoms with Gasteiger partial charge in [0.1, 0.15) is 18.5 Å². The van der Waals surface area contributed by atoms with Crippen LogP contribution in [0.5, 0.6) is 5.75 Å². The summed E-state index contributed by atoms with van der Waals surface area (Å²) in [4.78, 5) is 12.1. The molecule has 1 aliphatic heterocycles. The Balaban J connectivity index is 1.80. The zero-order valence-electron chi connectivity index (χ0n) is 21.6. The quantitative estimate of drug-likeness (QED) is 0.226. The summed E-state index contributed by atoms with van der Waals surface area (Å²) in [6.07, 6.45) is 12.5. The zero-order valence-corrected chi connectivity index (χ0v) is 22.3. The first kappa shape index (κ1) is 30.0. The maximum absolute atomic E-state index is 12.1. The topological polar surface area (TPSA) is 63.2 Å². The minimum atomic E-state index is -0.502. The lowest BCUT2D eigenvalue weighted by Gasteiger charge is -2.20. The molecular formula is C28H45ClO6. The molecule has 1 saturated heterocycles. The van der Waals surface area contributed by atoms with Crippen molar-refractivity contribution in [1.29, 1.82) is 0 Å². The third kappa shape index (κ3) is 14.2. The maximum Gasteiger partial charge on any atom is 0.256 e. The predicted octanol–water partition coefficient (Wildman–Crippen LogP) is 6.36. The summed E-state index contributed by atoms with van der Waals surface area (Å²) in [6, 6.07) is 5.75.